The van der Waals surface area contributed by atoms with Gasteiger partial charge in [0.1, 0.15) is 18.6 Å². The number of amides is 2. The van der Waals surface area contributed by atoms with Crippen molar-refractivity contribution < 1.29 is 29.4 Å². The summed E-state index contributed by atoms with van der Waals surface area (Å²) in [5.74, 6) is -2.30. The Morgan fingerprint density at radius 2 is 1.47 bits per heavy atom. The summed E-state index contributed by atoms with van der Waals surface area (Å²) in [6.45, 7) is 1.69. The van der Waals surface area contributed by atoms with E-state index in [1.54, 1.807) is 0 Å². The zero-order chi connectivity index (χ0) is 28.4. The lowest BCUT2D eigenvalue weighted by molar-refractivity contribution is -0.139. The van der Waals surface area contributed by atoms with Crippen molar-refractivity contribution >= 4 is 35.5 Å². The van der Waals surface area contributed by atoms with Crippen LogP contribution < -0.4 is 16.4 Å². The van der Waals surface area contributed by atoms with Gasteiger partial charge < -0.3 is 26.6 Å². The van der Waals surface area contributed by atoms with Crippen molar-refractivity contribution in [1.29, 1.82) is 0 Å². The summed E-state index contributed by atoms with van der Waals surface area (Å²) >= 11 is 1.53. The topological polar surface area (TPSA) is 159 Å². The molecule has 0 saturated carbocycles. The van der Waals surface area contributed by atoms with Gasteiger partial charge in [0.2, 0.25) is 11.8 Å². The maximum Gasteiger partial charge on any atom is 0.322 e. The van der Waals surface area contributed by atoms with E-state index in [9.17, 15) is 19.2 Å². The van der Waals surface area contributed by atoms with E-state index in [0.29, 0.717) is 5.75 Å². The normalized spacial score (nSPS) is 13.0. The predicted molar refractivity (Wildman–Crippen MR) is 154 cm³/mol. The molecular weight excluding hydrogens is 506 g/mol. The molecule has 0 spiro atoms. The Balaban J connectivity index is 4.01. The van der Waals surface area contributed by atoms with E-state index < -0.39 is 42.4 Å². The number of hydrogen-bond donors (Lipinski definition) is 5. The lowest BCUT2D eigenvalue weighted by Gasteiger charge is -2.18. The maximum absolute atomic E-state index is 12.3. The number of nitrogens with two attached hydrogens (primary N) is 1. The molecule has 0 heterocycles. The van der Waals surface area contributed by atoms with Crippen LogP contribution in [-0.4, -0.2) is 64.1 Å². The van der Waals surface area contributed by atoms with Crippen LogP contribution in [0.25, 0.3) is 0 Å². The second kappa shape index (κ2) is 25.0. The van der Waals surface area contributed by atoms with Gasteiger partial charge in [0.15, 0.2) is 0 Å². The molecular formula is C28H49N3O6S. The molecule has 2 amide bonds. The molecule has 0 unspecified atom stereocenters. The van der Waals surface area contributed by atoms with Crippen molar-refractivity contribution in [3.05, 3.63) is 24.3 Å². The molecule has 10 heteroatoms. The number of thioether (sulfide) groups is 1. The predicted octanol–water partition coefficient (Wildman–Crippen LogP) is 4.41. The number of carboxylic acid groups (broad SMARTS) is 2. The summed E-state index contributed by atoms with van der Waals surface area (Å²) in [4.78, 5) is 46.0. The minimum Gasteiger partial charge on any atom is -0.480 e. The number of carbonyl (C=O) groups is 4. The average Bonchev–Trinajstić information content (AvgIpc) is 2.88. The van der Waals surface area contributed by atoms with Gasteiger partial charge in [-0.25, -0.2) is 0 Å². The van der Waals surface area contributed by atoms with E-state index in [1.807, 2.05) is 0 Å². The number of unbranched alkanes of at least 4 members (excludes halogenated alkanes) is 9. The summed E-state index contributed by atoms with van der Waals surface area (Å²) in [7, 11) is 0. The first-order chi connectivity index (χ1) is 18.3. The fourth-order valence-electron chi connectivity index (χ4n) is 3.54. The lowest BCUT2D eigenvalue weighted by Crippen LogP contribution is -2.49. The average molecular weight is 556 g/mol. The number of carboxylic acids is 2. The summed E-state index contributed by atoms with van der Waals surface area (Å²) in [6, 6.07) is -2.05. The van der Waals surface area contributed by atoms with Crippen molar-refractivity contribution in [2.75, 3.05) is 18.1 Å². The largest absolute Gasteiger partial charge is 0.480 e. The van der Waals surface area contributed by atoms with Crippen LogP contribution in [0.2, 0.25) is 0 Å². The number of nitrogens with one attached hydrogen (secondary N) is 2. The van der Waals surface area contributed by atoms with Gasteiger partial charge in [-0.05, 0) is 50.7 Å². The quantitative estimate of drug-likeness (QED) is 0.0818. The molecule has 2 atom stereocenters. The molecule has 0 radical (unpaired) electrons. The van der Waals surface area contributed by atoms with Crippen LogP contribution in [0.4, 0.5) is 0 Å². The van der Waals surface area contributed by atoms with Crippen molar-refractivity contribution in [1.82, 2.24) is 10.6 Å². The highest BCUT2D eigenvalue weighted by Gasteiger charge is 2.22. The first-order valence-corrected chi connectivity index (χ1v) is 15.1. The Kier molecular flexibility index (Phi) is 23.4. The van der Waals surface area contributed by atoms with E-state index in [2.05, 4.69) is 41.9 Å². The molecule has 0 aliphatic rings. The summed E-state index contributed by atoms with van der Waals surface area (Å²) in [5, 5.41) is 22.5. The number of carbonyl (C=O) groups excluding carboxylic acids is 2. The number of hydrogen-bond acceptors (Lipinski definition) is 6. The molecule has 0 bridgehead atoms. The van der Waals surface area contributed by atoms with Gasteiger partial charge in [-0.15, -0.1) is 0 Å². The van der Waals surface area contributed by atoms with E-state index in [1.165, 1.54) is 56.7 Å². The van der Waals surface area contributed by atoms with Crippen LogP contribution in [0.3, 0.4) is 0 Å². The van der Waals surface area contributed by atoms with Crippen LogP contribution in [0.5, 0.6) is 0 Å². The van der Waals surface area contributed by atoms with E-state index >= 15 is 0 Å². The molecule has 0 saturated heterocycles. The van der Waals surface area contributed by atoms with Gasteiger partial charge >= 0.3 is 11.9 Å². The summed E-state index contributed by atoms with van der Waals surface area (Å²) in [5.41, 5.74) is 5.41. The van der Waals surface area contributed by atoms with Crippen molar-refractivity contribution in [3.8, 4) is 0 Å². The molecule has 0 aliphatic heterocycles. The maximum atomic E-state index is 12.3. The Labute approximate surface area is 232 Å². The van der Waals surface area contributed by atoms with Crippen LogP contribution >= 0.6 is 11.8 Å². The highest BCUT2D eigenvalue weighted by atomic mass is 32.2. The summed E-state index contributed by atoms with van der Waals surface area (Å²) in [6.07, 6.45) is 22.9. The van der Waals surface area contributed by atoms with Gasteiger partial charge in [-0.1, -0.05) is 69.8 Å². The monoisotopic (exact) mass is 555 g/mol. The molecule has 0 rings (SSSR count). The zero-order valence-corrected chi connectivity index (χ0v) is 23.8. The minimum atomic E-state index is -1.20. The van der Waals surface area contributed by atoms with E-state index in [4.69, 9.17) is 15.9 Å². The Hall–Kier alpha value is -2.33. The molecule has 218 valence electrons. The third-order valence-corrected chi connectivity index (χ3v) is 6.99. The molecule has 38 heavy (non-hydrogen) atoms. The Bertz CT molecular complexity index is 729. The van der Waals surface area contributed by atoms with Crippen molar-refractivity contribution in [3.63, 3.8) is 0 Å². The fourth-order valence-corrected chi connectivity index (χ4v) is 4.58. The SMILES string of the molecule is CCCCC/C=C\C/C=C\CCCCCCCCSC[C@H](NC(=O)CC[C@H](N)C(=O)O)C(=O)NCC(=O)O. The van der Waals surface area contributed by atoms with Gasteiger partial charge in [-0.2, -0.15) is 11.8 Å². The zero-order valence-electron chi connectivity index (χ0n) is 23.0. The molecule has 0 aromatic rings. The van der Waals surface area contributed by atoms with Crippen LogP contribution in [0.15, 0.2) is 24.3 Å². The van der Waals surface area contributed by atoms with Crippen LogP contribution in [0, 0.1) is 0 Å². The van der Waals surface area contributed by atoms with Crippen LogP contribution in [0.1, 0.15) is 96.8 Å². The smallest absolute Gasteiger partial charge is 0.322 e. The number of aliphatic carboxylic acids is 2. The molecule has 0 aliphatic carbocycles. The lowest BCUT2D eigenvalue weighted by atomic mass is 10.1. The fraction of sp³-hybridized carbons (Fsp3) is 0.714. The van der Waals surface area contributed by atoms with Gasteiger partial charge in [0.25, 0.3) is 0 Å². The molecule has 0 aromatic carbocycles. The van der Waals surface area contributed by atoms with Crippen molar-refractivity contribution in [2.24, 2.45) is 5.73 Å². The Morgan fingerprint density at radius 3 is 2.08 bits per heavy atom. The number of allylic oxidation sites excluding steroid dienone is 4. The van der Waals surface area contributed by atoms with Gasteiger partial charge in [0, 0.05) is 12.2 Å². The van der Waals surface area contributed by atoms with Crippen molar-refractivity contribution in [2.45, 2.75) is 109 Å². The highest BCUT2D eigenvalue weighted by molar-refractivity contribution is 7.99. The first kappa shape index (κ1) is 35.7. The van der Waals surface area contributed by atoms with Gasteiger partial charge in [0.05, 0.1) is 0 Å². The van der Waals surface area contributed by atoms with Crippen LogP contribution in [-0.2, 0) is 19.2 Å². The third-order valence-electron chi connectivity index (χ3n) is 5.84. The third kappa shape index (κ3) is 22.8. The summed E-state index contributed by atoms with van der Waals surface area (Å²) < 4.78 is 0. The molecule has 9 nitrogen and oxygen atoms in total. The number of rotatable bonds is 25. The minimum absolute atomic E-state index is 0.0510. The van der Waals surface area contributed by atoms with Gasteiger partial charge in [-0.3, -0.25) is 19.2 Å². The first-order valence-electron chi connectivity index (χ1n) is 13.9. The highest BCUT2D eigenvalue weighted by Crippen LogP contribution is 2.12. The Morgan fingerprint density at radius 1 is 0.868 bits per heavy atom. The second-order valence-electron chi connectivity index (χ2n) is 9.37. The molecule has 6 N–H and O–H groups in total. The van der Waals surface area contributed by atoms with E-state index in [0.717, 1.165) is 37.9 Å². The second-order valence-corrected chi connectivity index (χ2v) is 10.5. The molecule has 0 aromatic heterocycles. The van der Waals surface area contributed by atoms with E-state index in [-0.39, 0.29) is 12.8 Å². The standard InChI is InChI=1S/C28H49N3O6S/c1-2-3-4-5-6-7-8-9-10-11-12-13-14-15-16-17-20-38-22-24(27(35)30-21-26(33)34)31-25(32)19-18-23(29)28(36)37/h6-7,9-10,23-24H,2-5,8,11-22,29H2,1H3,(H,30,35)(H,31,32)(H,33,34)(H,36,37)/b7-6-,10-9-/t23-,24-/m0/s1. The molecule has 0 fully saturated rings.